The van der Waals surface area contributed by atoms with E-state index in [0.717, 1.165) is 38.5 Å². The predicted octanol–water partition coefficient (Wildman–Crippen LogP) is 2.86. The average molecular weight is 437 g/mol. The molecule has 0 radical (unpaired) electrons. The molecular formula is C22H32N2O5S. The van der Waals surface area contributed by atoms with E-state index in [1.54, 1.807) is 31.3 Å². The second-order valence-electron chi connectivity index (χ2n) is 8.58. The van der Waals surface area contributed by atoms with Gasteiger partial charge in [-0.3, -0.25) is 4.79 Å². The summed E-state index contributed by atoms with van der Waals surface area (Å²) in [5.41, 5.74) is 0.529. The molecule has 1 saturated carbocycles. The zero-order chi connectivity index (χ0) is 21.1. The first kappa shape index (κ1) is 21.7. The van der Waals surface area contributed by atoms with Crippen molar-refractivity contribution in [3.05, 3.63) is 29.8 Å². The van der Waals surface area contributed by atoms with Gasteiger partial charge in [0.05, 0.1) is 18.1 Å². The van der Waals surface area contributed by atoms with Crippen LogP contribution in [0.25, 0.3) is 0 Å². The fourth-order valence-corrected chi connectivity index (χ4v) is 6.20. The quantitative estimate of drug-likeness (QED) is 0.709. The fourth-order valence-electron chi connectivity index (χ4n) is 4.78. The van der Waals surface area contributed by atoms with Gasteiger partial charge in [0.1, 0.15) is 0 Å². The molecule has 166 valence electrons. The molecule has 3 fully saturated rings. The van der Waals surface area contributed by atoms with Gasteiger partial charge in [-0.2, -0.15) is 4.31 Å². The van der Waals surface area contributed by atoms with Gasteiger partial charge < -0.3 is 14.4 Å². The van der Waals surface area contributed by atoms with Crippen LogP contribution in [0.1, 0.15) is 55.3 Å². The number of carbonyl (C=O) groups is 1. The highest BCUT2D eigenvalue weighted by Gasteiger charge is 2.32. The van der Waals surface area contributed by atoms with Crippen molar-refractivity contribution in [1.29, 1.82) is 0 Å². The summed E-state index contributed by atoms with van der Waals surface area (Å²) in [6.07, 6.45) is 6.75. The summed E-state index contributed by atoms with van der Waals surface area (Å²) in [6.45, 7) is 2.62. The van der Waals surface area contributed by atoms with Gasteiger partial charge in [-0.25, -0.2) is 8.42 Å². The summed E-state index contributed by atoms with van der Waals surface area (Å²) in [5.74, 6) is 0.283. The summed E-state index contributed by atoms with van der Waals surface area (Å²) in [7, 11) is -1.87. The van der Waals surface area contributed by atoms with E-state index in [4.69, 9.17) is 9.47 Å². The molecule has 2 saturated heterocycles. The Bertz CT molecular complexity index is 822. The Hall–Kier alpha value is -1.48. The summed E-state index contributed by atoms with van der Waals surface area (Å²) >= 11 is 0. The van der Waals surface area contributed by atoms with Gasteiger partial charge in [0.25, 0.3) is 5.91 Å². The smallest absolute Gasteiger partial charge is 0.253 e. The molecule has 3 aliphatic rings. The molecule has 4 rings (SSSR count). The first-order chi connectivity index (χ1) is 14.5. The molecule has 0 N–H and O–H groups in total. The molecule has 0 aromatic heterocycles. The van der Waals surface area contributed by atoms with Crippen LogP contribution in [0.5, 0.6) is 0 Å². The number of sulfonamides is 1. The second kappa shape index (κ2) is 9.34. The number of piperidine rings is 1. The number of rotatable bonds is 5. The lowest BCUT2D eigenvalue weighted by atomic mass is 9.95. The van der Waals surface area contributed by atoms with Crippen LogP contribution in [0.4, 0.5) is 0 Å². The molecule has 1 aromatic rings. The van der Waals surface area contributed by atoms with Crippen LogP contribution in [-0.2, 0) is 19.5 Å². The zero-order valence-corrected chi connectivity index (χ0v) is 18.5. The third-order valence-electron chi connectivity index (χ3n) is 6.73. The van der Waals surface area contributed by atoms with Crippen LogP contribution in [-0.4, -0.2) is 69.2 Å². The van der Waals surface area contributed by atoms with Gasteiger partial charge in [-0.1, -0.05) is 19.3 Å². The topological polar surface area (TPSA) is 76.2 Å². The molecular weight excluding hydrogens is 404 g/mol. The van der Waals surface area contributed by atoms with Crippen molar-refractivity contribution in [2.75, 3.05) is 33.4 Å². The molecule has 1 aliphatic carbocycles. The predicted molar refractivity (Wildman–Crippen MR) is 113 cm³/mol. The van der Waals surface area contributed by atoms with Gasteiger partial charge in [-0.15, -0.1) is 0 Å². The van der Waals surface area contributed by atoms with Crippen LogP contribution >= 0.6 is 0 Å². The molecule has 30 heavy (non-hydrogen) atoms. The van der Waals surface area contributed by atoms with Crippen molar-refractivity contribution in [3.63, 3.8) is 0 Å². The van der Waals surface area contributed by atoms with E-state index < -0.39 is 10.0 Å². The standard InChI is InChI=1S/C22H32N2O5S/c1-23(19-5-3-2-4-6-19)30(26,27)20-9-7-17(8-10-20)21(25)24-13-11-18(12-14-24)22-28-15-16-29-22/h7-10,18-19,22H,2-6,11-16H2,1H3. The van der Waals surface area contributed by atoms with Gasteiger partial charge >= 0.3 is 0 Å². The molecule has 1 amide bonds. The maximum absolute atomic E-state index is 13.0. The number of ether oxygens (including phenoxy) is 2. The van der Waals surface area contributed by atoms with Crippen molar-refractivity contribution in [2.24, 2.45) is 5.92 Å². The molecule has 8 heteroatoms. The Balaban J connectivity index is 1.37. The molecule has 7 nitrogen and oxygen atoms in total. The lowest BCUT2D eigenvalue weighted by Gasteiger charge is -2.34. The highest BCUT2D eigenvalue weighted by atomic mass is 32.2. The zero-order valence-electron chi connectivity index (χ0n) is 17.7. The molecule has 1 aromatic carbocycles. The molecule has 0 bridgehead atoms. The average Bonchev–Trinajstić information content (AvgIpc) is 3.34. The number of nitrogens with zero attached hydrogens (tertiary/aromatic N) is 2. The molecule has 0 atom stereocenters. The fraction of sp³-hybridized carbons (Fsp3) is 0.682. The van der Waals surface area contributed by atoms with E-state index in [0.29, 0.717) is 37.8 Å². The monoisotopic (exact) mass is 436 g/mol. The van der Waals surface area contributed by atoms with Crippen molar-refractivity contribution in [1.82, 2.24) is 9.21 Å². The first-order valence-electron chi connectivity index (χ1n) is 11.1. The lowest BCUT2D eigenvalue weighted by molar-refractivity contribution is -0.0956. The van der Waals surface area contributed by atoms with E-state index in [-0.39, 0.29) is 23.1 Å². The highest BCUT2D eigenvalue weighted by molar-refractivity contribution is 7.89. The largest absolute Gasteiger partial charge is 0.350 e. The molecule has 2 heterocycles. The SMILES string of the molecule is CN(C1CCCCC1)S(=O)(=O)c1ccc(C(=O)N2CCC(C3OCCO3)CC2)cc1. The Labute approximate surface area is 179 Å². The van der Waals surface area contributed by atoms with Crippen LogP contribution in [0, 0.1) is 5.92 Å². The number of likely N-dealkylation sites (tertiary alicyclic amines) is 1. The van der Waals surface area contributed by atoms with Crippen molar-refractivity contribution >= 4 is 15.9 Å². The highest BCUT2D eigenvalue weighted by Crippen LogP contribution is 2.28. The number of benzene rings is 1. The Morgan fingerprint density at radius 3 is 2.17 bits per heavy atom. The van der Waals surface area contributed by atoms with Crippen LogP contribution in [0.15, 0.2) is 29.2 Å². The second-order valence-corrected chi connectivity index (χ2v) is 10.6. The van der Waals surface area contributed by atoms with Crippen molar-refractivity contribution < 1.29 is 22.7 Å². The normalized spacial score (nSPS) is 22.7. The van der Waals surface area contributed by atoms with Crippen LogP contribution < -0.4 is 0 Å². The minimum atomic E-state index is -3.54. The van der Waals surface area contributed by atoms with Gasteiger partial charge in [-0.05, 0) is 49.9 Å². The Morgan fingerprint density at radius 1 is 0.967 bits per heavy atom. The summed E-state index contributed by atoms with van der Waals surface area (Å²) in [6, 6.07) is 6.47. The van der Waals surface area contributed by atoms with E-state index in [1.165, 1.54) is 10.7 Å². The van der Waals surface area contributed by atoms with Gasteiger partial charge in [0.2, 0.25) is 10.0 Å². The van der Waals surface area contributed by atoms with Crippen molar-refractivity contribution in [2.45, 2.75) is 62.2 Å². The first-order valence-corrected chi connectivity index (χ1v) is 12.5. The summed E-state index contributed by atoms with van der Waals surface area (Å²) in [4.78, 5) is 15.0. The molecule has 0 spiro atoms. The molecule has 0 unspecified atom stereocenters. The summed E-state index contributed by atoms with van der Waals surface area (Å²) in [5, 5.41) is 0. The number of hydrogen-bond donors (Lipinski definition) is 0. The number of carbonyl (C=O) groups excluding carboxylic acids is 1. The van der Waals surface area contributed by atoms with E-state index in [1.807, 2.05) is 4.90 Å². The number of hydrogen-bond acceptors (Lipinski definition) is 5. The summed E-state index contributed by atoms with van der Waals surface area (Å²) < 4.78 is 38.7. The van der Waals surface area contributed by atoms with Gasteiger partial charge in [0.15, 0.2) is 6.29 Å². The third kappa shape index (κ3) is 4.56. The van der Waals surface area contributed by atoms with E-state index in [2.05, 4.69) is 0 Å². The maximum Gasteiger partial charge on any atom is 0.253 e. The number of amides is 1. The van der Waals surface area contributed by atoms with E-state index >= 15 is 0 Å². The van der Waals surface area contributed by atoms with E-state index in [9.17, 15) is 13.2 Å². The maximum atomic E-state index is 13.0. The Morgan fingerprint density at radius 2 is 1.57 bits per heavy atom. The Kier molecular flexibility index (Phi) is 6.77. The van der Waals surface area contributed by atoms with Crippen LogP contribution in [0.3, 0.4) is 0 Å². The lowest BCUT2D eigenvalue weighted by Crippen LogP contribution is -2.41. The van der Waals surface area contributed by atoms with Crippen molar-refractivity contribution in [3.8, 4) is 0 Å². The minimum absolute atomic E-state index is 0.0497. The third-order valence-corrected chi connectivity index (χ3v) is 8.65. The van der Waals surface area contributed by atoms with Gasteiger partial charge in [0, 0.05) is 37.7 Å². The molecule has 2 aliphatic heterocycles. The van der Waals surface area contributed by atoms with Crippen LogP contribution in [0.2, 0.25) is 0 Å². The minimum Gasteiger partial charge on any atom is -0.350 e.